The molecule has 7 heteroatoms. The van der Waals surface area contributed by atoms with Crippen molar-refractivity contribution in [2.45, 2.75) is 32.1 Å². The summed E-state index contributed by atoms with van der Waals surface area (Å²) in [5.74, 6) is 0.485. The van der Waals surface area contributed by atoms with E-state index in [1.807, 2.05) is 24.3 Å². The SMILES string of the molecule is COc1ccccc1-c1nn(C)cc1C(=O)Nc1nc2c(s1)CCCCC2. The average molecular weight is 382 g/mol. The van der Waals surface area contributed by atoms with Crippen molar-refractivity contribution in [1.82, 2.24) is 14.8 Å². The molecule has 6 nitrogen and oxygen atoms in total. The molecule has 140 valence electrons. The molecule has 0 atom stereocenters. The molecule has 0 unspecified atom stereocenters. The Morgan fingerprint density at radius 3 is 2.89 bits per heavy atom. The number of aryl methyl sites for hydroxylation is 3. The number of rotatable bonds is 4. The second-order valence-corrected chi connectivity index (χ2v) is 7.75. The van der Waals surface area contributed by atoms with Crippen LogP contribution in [0.3, 0.4) is 0 Å². The van der Waals surface area contributed by atoms with E-state index in [1.165, 1.54) is 24.1 Å². The molecule has 0 aliphatic heterocycles. The van der Waals surface area contributed by atoms with Gasteiger partial charge in [-0.3, -0.25) is 14.8 Å². The number of amides is 1. The summed E-state index contributed by atoms with van der Waals surface area (Å²) in [5, 5.41) is 8.13. The van der Waals surface area contributed by atoms with Crippen molar-refractivity contribution in [2.24, 2.45) is 7.05 Å². The molecule has 1 N–H and O–H groups in total. The van der Waals surface area contributed by atoms with Crippen molar-refractivity contribution in [2.75, 3.05) is 12.4 Å². The van der Waals surface area contributed by atoms with Crippen LogP contribution in [0, 0.1) is 0 Å². The van der Waals surface area contributed by atoms with Crippen LogP contribution in [-0.2, 0) is 19.9 Å². The van der Waals surface area contributed by atoms with Gasteiger partial charge in [-0.05, 0) is 37.8 Å². The Morgan fingerprint density at radius 2 is 2.04 bits per heavy atom. The highest BCUT2D eigenvalue weighted by Gasteiger charge is 2.22. The van der Waals surface area contributed by atoms with Crippen LogP contribution in [0.4, 0.5) is 5.13 Å². The van der Waals surface area contributed by atoms with Crippen LogP contribution < -0.4 is 10.1 Å². The standard InChI is InChI=1S/C20H22N4O2S/c1-24-12-14(18(23-24)13-8-6-7-10-16(13)26-2)19(25)22-20-21-15-9-4-3-5-11-17(15)27-20/h6-8,10,12H,3-5,9,11H2,1-2H3,(H,21,22,25). The molecule has 3 aromatic rings. The van der Waals surface area contributed by atoms with Gasteiger partial charge in [0.25, 0.3) is 5.91 Å². The quantitative estimate of drug-likeness (QED) is 0.691. The lowest BCUT2D eigenvalue weighted by Gasteiger charge is -2.07. The predicted octanol–water partition coefficient (Wildman–Crippen LogP) is 4.07. The van der Waals surface area contributed by atoms with Gasteiger partial charge in [-0.15, -0.1) is 11.3 Å². The molecule has 2 aromatic heterocycles. The Bertz CT molecular complexity index is 953. The number of fused-ring (bicyclic) bond motifs is 1. The highest BCUT2D eigenvalue weighted by molar-refractivity contribution is 7.15. The third kappa shape index (κ3) is 3.60. The summed E-state index contributed by atoms with van der Waals surface area (Å²) in [4.78, 5) is 18.9. The first-order valence-corrected chi connectivity index (χ1v) is 9.94. The van der Waals surface area contributed by atoms with Gasteiger partial charge in [0.15, 0.2) is 5.13 Å². The average Bonchev–Trinajstić information content (AvgIpc) is 3.17. The van der Waals surface area contributed by atoms with Crippen LogP contribution in [-0.4, -0.2) is 27.8 Å². The van der Waals surface area contributed by atoms with Crippen LogP contribution in [0.25, 0.3) is 11.3 Å². The number of anilines is 1. The maximum Gasteiger partial charge on any atom is 0.261 e. The van der Waals surface area contributed by atoms with Gasteiger partial charge in [0.1, 0.15) is 11.4 Å². The molecule has 0 radical (unpaired) electrons. The van der Waals surface area contributed by atoms with Crippen LogP contribution in [0.5, 0.6) is 5.75 Å². The molecule has 0 spiro atoms. The second-order valence-electron chi connectivity index (χ2n) is 6.67. The van der Waals surface area contributed by atoms with Crippen LogP contribution >= 0.6 is 11.3 Å². The highest BCUT2D eigenvalue weighted by atomic mass is 32.1. The zero-order valence-corrected chi connectivity index (χ0v) is 16.3. The molecule has 0 saturated heterocycles. The number of para-hydroxylation sites is 1. The van der Waals surface area contributed by atoms with E-state index in [9.17, 15) is 4.79 Å². The van der Waals surface area contributed by atoms with Crippen molar-refractivity contribution in [3.05, 3.63) is 46.6 Å². The van der Waals surface area contributed by atoms with Gasteiger partial charge in [0, 0.05) is 23.7 Å². The molecular formula is C20H22N4O2S. The van der Waals surface area contributed by atoms with Gasteiger partial charge >= 0.3 is 0 Å². The lowest BCUT2D eigenvalue weighted by molar-refractivity contribution is 0.102. The molecular weight excluding hydrogens is 360 g/mol. The number of hydrogen-bond acceptors (Lipinski definition) is 5. The maximum absolute atomic E-state index is 13.0. The number of nitrogens with zero attached hydrogens (tertiary/aromatic N) is 3. The van der Waals surface area contributed by atoms with Gasteiger partial charge in [-0.1, -0.05) is 18.6 Å². The van der Waals surface area contributed by atoms with Crippen LogP contribution in [0.2, 0.25) is 0 Å². The third-order valence-corrected chi connectivity index (χ3v) is 5.82. The van der Waals surface area contributed by atoms with E-state index in [2.05, 4.69) is 15.4 Å². The lowest BCUT2D eigenvalue weighted by atomic mass is 10.1. The minimum absolute atomic E-state index is 0.201. The van der Waals surface area contributed by atoms with Crippen molar-refractivity contribution < 1.29 is 9.53 Å². The van der Waals surface area contributed by atoms with Gasteiger partial charge in [0.05, 0.1) is 18.4 Å². The number of aromatic nitrogens is 3. The topological polar surface area (TPSA) is 69.0 Å². The molecule has 27 heavy (non-hydrogen) atoms. The Labute approximate surface area is 162 Å². The fourth-order valence-corrected chi connectivity index (χ4v) is 4.49. The summed E-state index contributed by atoms with van der Waals surface area (Å²) >= 11 is 1.59. The van der Waals surface area contributed by atoms with Gasteiger partial charge in [-0.2, -0.15) is 5.10 Å². The zero-order chi connectivity index (χ0) is 18.8. The first-order chi connectivity index (χ1) is 13.2. The van der Waals surface area contributed by atoms with Gasteiger partial charge in [-0.25, -0.2) is 4.98 Å². The number of carbonyl (C=O) groups excluding carboxylic acids is 1. The predicted molar refractivity (Wildman–Crippen MR) is 107 cm³/mol. The minimum Gasteiger partial charge on any atom is -0.496 e. The molecule has 1 aliphatic carbocycles. The van der Waals surface area contributed by atoms with E-state index in [0.29, 0.717) is 22.1 Å². The monoisotopic (exact) mass is 382 g/mol. The van der Waals surface area contributed by atoms with E-state index >= 15 is 0 Å². The van der Waals surface area contributed by atoms with Crippen molar-refractivity contribution in [3.63, 3.8) is 0 Å². The maximum atomic E-state index is 13.0. The Morgan fingerprint density at radius 1 is 1.22 bits per heavy atom. The minimum atomic E-state index is -0.201. The summed E-state index contributed by atoms with van der Waals surface area (Å²) < 4.78 is 7.08. The molecule has 2 heterocycles. The fraction of sp³-hybridized carbons (Fsp3) is 0.350. The number of benzene rings is 1. The summed E-state index contributed by atoms with van der Waals surface area (Å²) in [6, 6.07) is 7.58. The molecule has 1 aliphatic rings. The number of hydrogen-bond donors (Lipinski definition) is 1. The summed E-state index contributed by atoms with van der Waals surface area (Å²) in [6.45, 7) is 0. The number of methoxy groups -OCH3 is 1. The summed E-state index contributed by atoms with van der Waals surface area (Å²) in [5.41, 5.74) is 3.04. The molecule has 1 aromatic carbocycles. The number of thiazole rings is 1. The van der Waals surface area contributed by atoms with E-state index < -0.39 is 0 Å². The normalized spacial score (nSPS) is 13.7. The Kier molecular flexibility index (Phi) is 4.94. The van der Waals surface area contributed by atoms with Crippen molar-refractivity contribution in [1.29, 1.82) is 0 Å². The molecule has 0 fully saturated rings. The third-order valence-electron chi connectivity index (χ3n) is 4.75. The second kappa shape index (κ2) is 7.52. The number of carbonyl (C=O) groups is 1. The van der Waals surface area contributed by atoms with E-state index in [1.54, 1.807) is 36.4 Å². The first-order valence-electron chi connectivity index (χ1n) is 9.12. The summed E-state index contributed by atoms with van der Waals surface area (Å²) in [7, 11) is 3.42. The van der Waals surface area contributed by atoms with E-state index in [4.69, 9.17) is 4.74 Å². The van der Waals surface area contributed by atoms with Crippen LogP contribution in [0.1, 0.15) is 40.2 Å². The van der Waals surface area contributed by atoms with Gasteiger partial charge in [0.2, 0.25) is 0 Å². The largest absolute Gasteiger partial charge is 0.496 e. The van der Waals surface area contributed by atoms with Crippen molar-refractivity contribution >= 4 is 22.4 Å². The molecule has 0 saturated carbocycles. The highest BCUT2D eigenvalue weighted by Crippen LogP contribution is 2.32. The summed E-state index contributed by atoms with van der Waals surface area (Å²) in [6.07, 6.45) is 7.41. The Balaban J connectivity index is 1.63. The number of nitrogens with one attached hydrogen (secondary N) is 1. The van der Waals surface area contributed by atoms with E-state index in [-0.39, 0.29) is 5.91 Å². The number of ether oxygens (including phenoxy) is 1. The zero-order valence-electron chi connectivity index (χ0n) is 15.5. The van der Waals surface area contributed by atoms with Crippen molar-refractivity contribution in [3.8, 4) is 17.0 Å². The first kappa shape index (κ1) is 17.7. The molecule has 4 rings (SSSR count). The fourth-order valence-electron chi connectivity index (χ4n) is 3.44. The lowest BCUT2D eigenvalue weighted by Crippen LogP contribution is -2.12. The van der Waals surface area contributed by atoms with Crippen LogP contribution in [0.15, 0.2) is 30.5 Å². The Hall–Kier alpha value is -2.67. The molecule has 1 amide bonds. The molecule has 0 bridgehead atoms. The smallest absolute Gasteiger partial charge is 0.261 e. The van der Waals surface area contributed by atoms with Gasteiger partial charge < -0.3 is 4.74 Å². The van der Waals surface area contributed by atoms with E-state index in [0.717, 1.165) is 24.1 Å².